The average molecular weight is 293 g/mol. The van der Waals surface area contributed by atoms with Gasteiger partial charge in [0, 0.05) is 11.6 Å². The zero-order chi connectivity index (χ0) is 16.4. The maximum Gasteiger partial charge on any atom is 0.342 e. The number of hydrogen-bond acceptors (Lipinski definition) is 6. The van der Waals surface area contributed by atoms with E-state index >= 15 is 0 Å². The van der Waals surface area contributed by atoms with Crippen molar-refractivity contribution in [3.05, 3.63) is 46.0 Å². The number of carbonyl (C=O) groups excluding carboxylic acids is 2. The molecule has 0 aliphatic rings. The van der Waals surface area contributed by atoms with Gasteiger partial charge in [0.1, 0.15) is 11.2 Å². The van der Waals surface area contributed by atoms with Crippen LogP contribution in [0.5, 0.6) is 5.75 Å². The first kappa shape index (κ1) is 16.4. The van der Waals surface area contributed by atoms with Gasteiger partial charge in [-0.1, -0.05) is 6.58 Å². The Bertz CT molecular complexity index is 627. The third-order valence-electron chi connectivity index (χ3n) is 2.35. The van der Waals surface area contributed by atoms with Crippen LogP contribution < -0.4 is 0 Å². The molecular weight excluding hydrogens is 278 g/mol. The van der Waals surface area contributed by atoms with Crippen LogP contribution in [-0.4, -0.2) is 27.4 Å². The molecule has 0 fully saturated rings. The van der Waals surface area contributed by atoms with Gasteiger partial charge in [0.15, 0.2) is 11.5 Å². The van der Waals surface area contributed by atoms with E-state index in [1.165, 1.54) is 6.07 Å². The zero-order valence-corrected chi connectivity index (χ0v) is 11.9. The Morgan fingerprint density at radius 2 is 1.90 bits per heavy atom. The Morgan fingerprint density at radius 1 is 1.33 bits per heavy atom. The molecule has 0 bridgehead atoms. The van der Waals surface area contributed by atoms with Crippen LogP contribution in [0.3, 0.4) is 0 Å². The van der Waals surface area contributed by atoms with E-state index in [4.69, 9.17) is 4.74 Å². The van der Waals surface area contributed by atoms with Gasteiger partial charge >= 0.3 is 11.7 Å². The maximum absolute atomic E-state index is 12.1. The molecule has 1 aromatic carbocycles. The number of ether oxygens (including phenoxy) is 1. The summed E-state index contributed by atoms with van der Waals surface area (Å²) in [6, 6.07) is 3.06. The van der Waals surface area contributed by atoms with E-state index in [1.807, 2.05) is 0 Å². The first-order valence-electron chi connectivity index (χ1n) is 5.97. The van der Waals surface area contributed by atoms with Crippen LogP contribution in [0, 0.1) is 10.1 Å². The van der Waals surface area contributed by atoms with E-state index < -0.39 is 39.3 Å². The van der Waals surface area contributed by atoms with E-state index in [0.29, 0.717) is 0 Å². The molecule has 7 nitrogen and oxygen atoms in total. The van der Waals surface area contributed by atoms with E-state index in [0.717, 1.165) is 12.1 Å². The molecule has 21 heavy (non-hydrogen) atoms. The number of ketones is 1. The molecular formula is C14H15NO6. The Labute approximate surface area is 121 Å². The number of nitrogens with zero attached hydrogens (tertiary/aromatic N) is 1. The fraction of sp³-hybridized carbons (Fsp3) is 0.286. The number of hydrogen-bond donors (Lipinski definition) is 1. The number of aromatic hydroxyl groups is 1. The molecule has 0 radical (unpaired) electrons. The van der Waals surface area contributed by atoms with Crippen LogP contribution in [0.25, 0.3) is 0 Å². The van der Waals surface area contributed by atoms with Crippen LogP contribution in [0.2, 0.25) is 0 Å². The van der Waals surface area contributed by atoms with Crippen LogP contribution in [0.1, 0.15) is 31.1 Å². The molecule has 0 saturated heterocycles. The lowest BCUT2D eigenvalue weighted by Crippen LogP contribution is -2.26. The van der Waals surface area contributed by atoms with Crippen molar-refractivity contribution in [2.75, 3.05) is 0 Å². The molecule has 0 atom stereocenters. The molecule has 0 spiro atoms. The van der Waals surface area contributed by atoms with E-state index in [2.05, 4.69) is 6.58 Å². The molecule has 0 aromatic heterocycles. The van der Waals surface area contributed by atoms with Crippen molar-refractivity contribution in [3.63, 3.8) is 0 Å². The fourth-order valence-corrected chi connectivity index (χ4v) is 1.42. The summed E-state index contributed by atoms with van der Waals surface area (Å²) in [7, 11) is 0. The monoisotopic (exact) mass is 293 g/mol. The summed E-state index contributed by atoms with van der Waals surface area (Å²) in [5.74, 6) is -2.27. The number of esters is 1. The lowest BCUT2D eigenvalue weighted by Gasteiger charge is -2.19. The number of rotatable bonds is 4. The number of nitro benzene ring substituents is 1. The van der Waals surface area contributed by atoms with E-state index in [9.17, 15) is 24.8 Å². The summed E-state index contributed by atoms with van der Waals surface area (Å²) in [5.41, 5.74) is -1.99. The van der Waals surface area contributed by atoms with E-state index in [-0.39, 0.29) is 5.56 Å². The van der Waals surface area contributed by atoms with Gasteiger partial charge in [-0.15, -0.1) is 0 Å². The lowest BCUT2D eigenvalue weighted by atomic mass is 10.0. The highest BCUT2D eigenvalue weighted by Gasteiger charge is 2.25. The smallest absolute Gasteiger partial charge is 0.342 e. The highest BCUT2D eigenvalue weighted by molar-refractivity contribution is 6.23. The molecule has 0 aliphatic heterocycles. The average Bonchev–Trinajstić information content (AvgIpc) is 2.35. The Morgan fingerprint density at radius 3 is 2.38 bits per heavy atom. The van der Waals surface area contributed by atoms with Gasteiger partial charge in [-0.05, 0) is 32.9 Å². The minimum absolute atomic E-state index is 0.129. The number of Topliss-reactive ketones (excluding diaryl/α,β-unsaturated/α-hetero) is 1. The Kier molecular flexibility index (Phi) is 4.47. The van der Waals surface area contributed by atoms with Gasteiger partial charge in [0.25, 0.3) is 0 Å². The third-order valence-corrected chi connectivity index (χ3v) is 2.35. The van der Waals surface area contributed by atoms with Gasteiger partial charge in [-0.3, -0.25) is 14.9 Å². The highest BCUT2D eigenvalue weighted by atomic mass is 16.6. The SMILES string of the molecule is C=C(C(=O)OC(C)(C)C)C(=O)c1ccc(O)c([N+](=O)[O-])c1. The largest absolute Gasteiger partial charge is 0.502 e. The number of carbonyl (C=O) groups is 2. The van der Waals surface area contributed by atoms with Crippen molar-refractivity contribution in [2.45, 2.75) is 26.4 Å². The summed E-state index contributed by atoms with van der Waals surface area (Å²) in [6.07, 6.45) is 0. The van der Waals surface area contributed by atoms with Crippen molar-refractivity contribution >= 4 is 17.4 Å². The Hall–Kier alpha value is -2.70. The normalized spacial score (nSPS) is 10.8. The minimum Gasteiger partial charge on any atom is -0.502 e. The van der Waals surface area contributed by atoms with E-state index in [1.54, 1.807) is 20.8 Å². The third kappa shape index (κ3) is 4.13. The second kappa shape index (κ2) is 5.74. The molecule has 112 valence electrons. The summed E-state index contributed by atoms with van der Waals surface area (Å²) in [5, 5.41) is 20.0. The van der Waals surface area contributed by atoms with Gasteiger partial charge in [0.2, 0.25) is 0 Å². The van der Waals surface area contributed by atoms with Crippen molar-refractivity contribution in [1.29, 1.82) is 0 Å². The number of nitro groups is 1. The van der Waals surface area contributed by atoms with Crippen LogP contribution in [0.4, 0.5) is 5.69 Å². The summed E-state index contributed by atoms with van der Waals surface area (Å²) >= 11 is 0. The predicted molar refractivity (Wildman–Crippen MR) is 74.1 cm³/mol. The first-order valence-corrected chi connectivity index (χ1v) is 5.97. The first-order chi connectivity index (χ1) is 9.53. The van der Waals surface area contributed by atoms with Crippen molar-refractivity contribution in [2.24, 2.45) is 0 Å². The summed E-state index contributed by atoms with van der Waals surface area (Å²) in [6.45, 7) is 8.25. The van der Waals surface area contributed by atoms with Gasteiger partial charge in [-0.2, -0.15) is 0 Å². The molecule has 1 N–H and O–H groups in total. The second-order valence-corrected chi connectivity index (χ2v) is 5.27. The van der Waals surface area contributed by atoms with Gasteiger partial charge < -0.3 is 9.84 Å². The molecule has 0 amide bonds. The standard InChI is InChI=1S/C14H15NO6/c1-8(13(18)21-14(2,3)4)12(17)9-5-6-11(16)10(7-9)15(19)20/h5-7,16H,1H2,2-4H3. The van der Waals surface area contributed by atoms with Crippen molar-refractivity contribution < 1.29 is 24.4 Å². The number of phenolic OH excluding ortho intramolecular Hbond substituents is 1. The second-order valence-electron chi connectivity index (χ2n) is 5.27. The predicted octanol–water partition coefficient (Wildman–Crippen LogP) is 2.38. The molecule has 0 saturated carbocycles. The molecule has 0 unspecified atom stereocenters. The Balaban J connectivity index is 3.04. The van der Waals surface area contributed by atoms with Gasteiger partial charge in [-0.25, -0.2) is 4.79 Å². The maximum atomic E-state index is 12.1. The number of phenols is 1. The summed E-state index contributed by atoms with van der Waals surface area (Å²) in [4.78, 5) is 33.7. The van der Waals surface area contributed by atoms with Crippen LogP contribution >= 0.6 is 0 Å². The topological polar surface area (TPSA) is 107 Å². The highest BCUT2D eigenvalue weighted by Crippen LogP contribution is 2.27. The van der Waals surface area contributed by atoms with Crippen LogP contribution in [0.15, 0.2) is 30.4 Å². The minimum atomic E-state index is -0.900. The molecule has 1 rings (SSSR count). The fourth-order valence-electron chi connectivity index (χ4n) is 1.42. The zero-order valence-electron chi connectivity index (χ0n) is 11.9. The molecule has 0 aliphatic carbocycles. The molecule has 7 heteroatoms. The summed E-state index contributed by atoms with van der Waals surface area (Å²) < 4.78 is 5.00. The van der Waals surface area contributed by atoms with Crippen LogP contribution in [-0.2, 0) is 9.53 Å². The number of benzene rings is 1. The molecule has 0 heterocycles. The van der Waals surface area contributed by atoms with Gasteiger partial charge in [0.05, 0.1) is 4.92 Å². The van der Waals surface area contributed by atoms with Crippen molar-refractivity contribution in [1.82, 2.24) is 0 Å². The molecule has 1 aromatic rings. The lowest BCUT2D eigenvalue weighted by molar-refractivity contribution is -0.385. The quantitative estimate of drug-likeness (QED) is 0.174. The van der Waals surface area contributed by atoms with Crippen molar-refractivity contribution in [3.8, 4) is 5.75 Å².